The SMILES string of the molecule is C[C@H](NC(=O)CN(Cc1ccco1)Cc1ccco1)c1ccc(S(N)(=O)=O)cc1. The van der Waals surface area contributed by atoms with Gasteiger partial charge in [-0.3, -0.25) is 9.69 Å². The van der Waals surface area contributed by atoms with Crippen LogP contribution in [0.15, 0.2) is 74.8 Å². The maximum absolute atomic E-state index is 12.6. The molecule has 8 nitrogen and oxygen atoms in total. The summed E-state index contributed by atoms with van der Waals surface area (Å²) in [5.74, 6) is 1.32. The number of amides is 1. The Bertz CT molecular complexity index is 977. The minimum atomic E-state index is -3.75. The van der Waals surface area contributed by atoms with Gasteiger partial charge in [0.25, 0.3) is 0 Å². The highest BCUT2D eigenvalue weighted by atomic mass is 32.2. The van der Waals surface area contributed by atoms with Crippen LogP contribution in [0.5, 0.6) is 0 Å². The lowest BCUT2D eigenvalue weighted by atomic mass is 10.1. The number of nitrogens with one attached hydrogen (secondary N) is 1. The predicted molar refractivity (Wildman–Crippen MR) is 106 cm³/mol. The van der Waals surface area contributed by atoms with Crippen LogP contribution in [0.3, 0.4) is 0 Å². The molecular weight excluding hydrogens is 394 g/mol. The van der Waals surface area contributed by atoms with E-state index in [9.17, 15) is 13.2 Å². The van der Waals surface area contributed by atoms with Crippen LogP contribution >= 0.6 is 0 Å². The zero-order chi connectivity index (χ0) is 20.9. The average molecular weight is 417 g/mol. The lowest BCUT2D eigenvalue weighted by Gasteiger charge is -2.21. The smallest absolute Gasteiger partial charge is 0.238 e. The molecule has 0 aliphatic rings. The Morgan fingerprint density at radius 2 is 1.59 bits per heavy atom. The minimum Gasteiger partial charge on any atom is -0.468 e. The number of hydrogen-bond acceptors (Lipinski definition) is 6. The molecule has 0 fully saturated rings. The van der Waals surface area contributed by atoms with E-state index in [1.165, 1.54) is 12.1 Å². The van der Waals surface area contributed by atoms with Crippen molar-refractivity contribution in [1.82, 2.24) is 10.2 Å². The van der Waals surface area contributed by atoms with Crippen molar-refractivity contribution >= 4 is 15.9 Å². The molecule has 0 saturated carbocycles. The molecule has 0 spiro atoms. The number of hydrogen-bond donors (Lipinski definition) is 2. The fourth-order valence-corrected chi connectivity index (χ4v) is 3.45. The molecule has 29 heavy (non-hydrogen) atoms. The summed E-state index contributed by atoms with van der Waals surface area (Å²) in [4.78, 5) is 14.5. The quantitative estimate of drug-likeness (QED) is 0.552. The highest BCUT2D eigenvalue weighted by Crippen LogP contribution is 2.16. The van der Waals surface area contributed by atoms with Crippen molar-refractivity contribution in [1.29, 1.82) is 0 Å². The van der Waals surface area contributed by atoms with Gasteiger partial charge in [-0.05, 0) is 48.9 Å². The summed E-state index contributed by atoms with van der Waals surface area (Å²) < 4.78 is 33.5. The summed E-state index contributed by atoms with van der Waals surface area (Å²) >= 11 is 0. The zero-order valence-corrected chi connectivity index (χ0v) is 16.8. The number of sulfonamides is 1. The van der Waals surface area contributed by atoms with Crippen LogP contribution in [0, 0.1) is 0 Å². The first-order chi connectivity index (χ1) is 13.8. The first-order valence-electron chi connectivity index (χ1n) is 9.00. The average Bonchev–Trinajstić information content (AvgIpc) is 3.35. The van der Waals surface area contributed by atoms with Gasteiger partial charge in [0, 0.05) is 0 Å². The second-order valence-corrected chi connectivity index (χ2v) is 8.27. The summed E-state index contributed by atoms with van der Waals surface area (Å²) in [6.07, 6.45) is 3.18. The first-order valence-corrected chi connectivity index (χ1v) is 10.5. The molecule has 9 heteroatoms. The number of nitrogens with zero attached hydrogens (tertiary/aromatic N) is 1. The number of primary sulfonamides is 1. The molecule has 0 bridgehead atoms. The summed E-state index contributed by atoms with van der Waals surface area (Å²) in [7, 11) is -3.75. The van der Waals surface area contributed by atoms with E-state index in [-0.39, 0.29) is 23.4 Å². The van der Waals surface area contributed by atoms with Crippen LogP contribution in [-0.2, 0) is 27.9 Å². The van der Waals surface area contributed by atoms with Crippen LogP contribution in [0.25, 0.3) is 0 Å². The lowest BCUT2D eigenvalue weighted by molar-refractivity contribution is -0.123. The molecule has 154 valence electrons. The van der Waals surface area contributed by atoms with Gasteiger partial charge in [-0.25, -0.2) is 13.6 Å². The highest BCUT2D eigenvalue weighted by molar-refractivity contribution is 7.89. The van der Waals surface area contributed by atoms with Gasteiger partial charge in [0.05, 0.1) is 43.1 Å². The number of nitrogens with two attached hydrogens (primary N) is 1. The minimum absolute atomic E-state index is 0.0304. The van der Waals surface area contributed by atoms with Gasteiger partial charge in [0.2, 0.25) is 15.9 Å². The number of carbonyl (C=O) groups is 1. The Kier molecular flexibility index (Phi) is 6.53. The van der Waals surface area contributed by atoms with E-state index >= 15 is 0 Å². The van der Waals surface area contributed by atoms with Crippen molar-refractivity contribution in [2.45, 2.75) is 31.0 Å². The normalized spacial score (nSPS) is 12.8. The molecule has 0 aliphatic carbocycles. The Labute approximate surface area is 169 Å². The lowest BCUT2D eigenvalue weighted by Crippen LogP contribution is -2.37. The van der Waals surface area contributed by atoms with E-state index in [1.807, 2.05) is 24.0 Å². The molecule has 2 heterocycles. The van der Waals surface area contributed by atoms with E-state index in [4.69, 9.17) is 14.0 Å². The van der Waals surface area contributed by atoms with Gasteiger partial charge < -0.3 is 14.2 Å². The van der Waals surface area contributed by atoms with Gasteiger partial charge in [0.1, 0.15) is 11.5 Å². The molecule has 3 rings (SSSR count). The molecule has 0 aliphatic heterocycles. The van der Waals surface area contributed by atoms with Crippen molar-refractivity contribution in [2.75, 3.05) is 6.54 Å². The Morgan fingerprint density at radius 3 is 2.03 bits per heavy atom. The Hall–Kier alpha value is -2.88. The van der Waals surface area contributed by atoms with Crippen LogP contribution < -0.4 is 10.5 Å². The molecule has 0 saturated heterocycles. The van der Waals surface area contributed by atoms with Crippen LogP contribution in [0.2, 0.25) is 0 Å². The fraction of sp³-hybridized carbons (Fsp3) is 0.250. The van der Waals surface area contributed by atoms with Crippen LogP contribution in [0.1, 0.15) is 30.0 Å². The third-order valence-corrected chi connectivity index (χ3v) is 5.30. The van der Waals surface area contributed by atoms with Crippen molar-refractivity contribution in [2.24, 2.45) is 5.14 Å². The fourth-order valence-electron chi connectivity index (χ4n) is 2.93. The molecule has 1 amide bonds. The summed E-state index contributed by atoms with van der Waals surface area (Å²) in [6.45, 7) is 2.88. The van der Waals surface area contributed by atoms with E-state index in [1.54, 1.807) is 36.8 Å². The maximum Gasteiger partial charge on any atom is 0.238 e. The van der Waals surface area contributed by atoms with Crippen molar-refractivity contribution in [3.8, 4) is 0 Å². The van der Waals surface area contributed by atoms with Crippen molar-refractivity contribution in [3.63, 3.8) is 0 Å². The Morgan fingerprint density at radius 1 is 1.03 bits per heavy atom. The third kappa shape index (κ3) is 6.05. The topological polar surface area (TPSA) is 119 Å². The van der Waals surface area contributed by atoms with Crippen LogP contribution in [-0.4, -0.2) is 25.8 Å². The van der Waals surface area contributed by atoms with Crippen molar-refractivity contribution in [3.05, 3.63) is 78.1 Å². The van der Waals surface area contributed by atoms with Crippen molar-refractivity contribution < 1.29 is 22.0 Å². The molecule has 1 atom stereocenters. The van der Waals surface area contributed by atoms with Gasteiger partial charge in [-0.2, -0.15) is 0 Å². The molecule has 1 aromatic carbocycles. The zero-order valence-electron chi connectivity index (χ0n) is 15.9. The number of rotatable bonds is 9. The van der Waals surface area contributed by atoms with Gasteiger partial charge in [-0.1, -0.05) is 12.1 Å². The number of furan rings is 2. The largest absolute Gasteiger partial charge is 0.468 e. The first kappa shape index (κ1) is 20.8. The highest BCUT2D eigenvalue weighted by Gasteiger charge is 2.17. The van der Waals surface area contributed by atoms with E-state index in [0.29, 0.717) is 13.1 Å². The Balaban J connectivity index is 1.62. The second-order valence-electron chi connectivity index (χ2n) is 6.71. The number of carbonyl (C=O) groups excluding carboxylic acids is 1. The number of benzene rings is 1. The van der Waals surface area contributed by atoms with Gasteiger partial charge in [-0.15, -0.1) is 0 Å². The predicted octanol–water partition coefficient (Wildman–Crippen LogP) is 2.40. The van der Waals surface area contributed by atoms with E-state index < -0.39 is 10.0 Å². The van der Waals surface area contributed by atoms with Crippen LogP contribution in [0.4, 0.5) is 0 Å². The second kappa shape index (κ2) is 9.08. The molecule has 2 aromatic heterocycles. The van der Waals surface area contributed by atoms with E-state index in [0.717, 1.165) is 17.1 Å². The standard InChI is InChI=1S/C20H23N3O5S/c1-15(16-6-8-19(9-7-16)29(21,25)26)22-20(24)14-23(12-17-4-2-10-27-17)13-18-5-3-11-28-18/h2-11,15H,12-14H2,1H3,(H,22,24)(H2,21,25,26)/t15-/m0/s1. The van der Waals surface area contributed by atoms with Gasteiger partial charge >= 0.3 is 0 Å². The summed E-state index contributed by atoms with van der Waals surface area (Å²) in [5.41, 5.74) is 0.773. The molecule has 3 aromatic rings. The molecular formula is C20H23N3O5S. The van der Waals surface area contributed by atoms with E-state index in [2.05, 4.69) is 5.32 Å². The molecule has 0 unspecified atom stereocenters. The monoisotopic (exact) mass is 417 g/mol. The maximum atomic E-state index is 12.6. The molecule has 0 radical (unpaired) electrons. The third-order valence-electron chi connectivity index (χ3n) is 4.37. The van der Waals surface area contributed by atoms with Gasteiger partial charge in [0.15, 0.2) is 0 Å². The summed E-state index contributed by atoms with van der Waals surface area (Å²) in [6, 6.07) is 13.1. The summed E-state index contributed by atoms with van der Waals surface area (Å²) in [5, 5.41) is 8.03. The molecule has 3 N–H and O–H groups in total.